The summed E-state index contributed by atoms with van der Waals surface area (Å²) in [5, 5.41) is 6.78. The minimum Gasteiger partial charge on any atom is -0.489 e. The van der Waals surface area contributed by atoms with Crippen molar-refractivity contribution in [2.45, 2.75) is 27.0 Å². The highest BCUT2D eigenvalue weighted by Gasteiger charge is 2.06. The van der Waals surface area contributed by atoms with Crippen LogP contribution in [0.3, 0.4) is 0 Å². The van der Waals surface area contributed by atoms with E-state index in [1.54, 1.807) is 0 Å². The van der Waals surface area contributed by atoms with Crippen molar-refractivity contribution in [1.29, 1.82) is 0 Å². The van der Waals surface area contributed by atoms with Gasteiger partial charge in [0.15, 0.2) is 0 Å². The van der Waals surface area contributed by atoms with Crippen LogP contribution in [-0.2, 0) is 17.9 Å². The predicted octanol–water partition coefficient (Wildman–Crippen LogP) is 5.80. The average Bonchev–Trinajstić information content (AvgIpc) is 2.67. The quantitative estimate of drug-likeness (QED) is 0.532. The number of ether oxygens (including phenoxy) is 1. The molecule has 1 amide bonds. The largest absolute Gasteiger partial charge is 0.489 e. The highest BCUT2D eigenvalue weighted by molar-refractivity contribution is 6.30. The van der Waals surface area contributed by atoms with Crippen LogP contribution in [0.25, 0.3) is 0 Å². The molecule has 0 saturated heterocycles. The molecule has 0 aliphatic carbocycles. The SMILES string of the molecule is CC(=O)Nc1ccc(NCc2cc(Cl)ccc2OCc2ccc(C)cc2)cc1. The van der Waals surface area contributed by atoms with Crippen LogP contribution in [0, 0.1) is 6.92 Å². The van der Waals surface area contributed by atoms with Crippen LogP contribution in [-0.4, -0.2) is 5.91 Å². The molecule has 0 aliphatic heterocycles. The number of carbonyl (C=O) groups excluding carboxylic acids is 1. The number of halogens is 1. The fourth-order valence-corrected chi connectivity index (χ4v) is 2.94. The minimum absolute atomic E-state index is 0.0880. The van der Waals surface area contributed by atoms with Gasteiger partial charge in [0, 0.05) is 35.4 Å². The standard InChI is InChI=1S/C23H23ClN2O2/c1-16-3-5-18(6-4-16)15-28-23-12-7-20(24)13-19(23)14-25-21-8-10-22(11-9-21)26-17(2)27/h3-13,25H,14-15H2,1-2H3,(H,26,27). The Labute approximate surface area is 170 Å². The van der Waals surface area contributed by atoms with Crippen LogP contribution >= 0.6 is 11.6 Å². The Kier molecular flexibility index (Phi) is 6.56. The molecule has 0 aliphatic rings. The molecule has 2 N–H and O–H groups in total. The first-order valence-corrected chi connectivity index (χ1v) is 9.46. The molecule has 5 heteroatoms. The molecule has 3 aromatic rings. The molecule has 3 aromatic carbocycles. The van der Waals surface area contributed by atoms with E-state index < -0.39 is 0 Å². The van der Waals surface area contributed by atoms with Crippen molar-refractivity contribution in [1.82, 2.24) is 0 Å². The first-order valence-electron chi connectivity index (χ1n) is 9.08. The number of carbonyl (C=O) groups is 1. The number of amides is 1. The van der Waals surface area contributed by atoms with Gasteiger partial charge in [-0.1, -0.05) is 41.4 Å². The van der Waals surface area contributed by atoms with E-state index in [2.05, 4.69) is 41.8 Å². The normalized spacial score (nSPS) is 10.4. The minimum atomic E-state index is -0.0880. The summed E-state index contributed by atoms with van der Waals surface area (Å²) in [6, 6.07) is 21.5. The topological polar surface area (TPSA) is 50.4 Å². The van der Waals surface area contributed by atoms with Gasteiger partial charge in [0.1, 0.15) is 12.4 Å². The molecule has 0 radical (unpaired) electrons. The summed E-state index contributed by atoms with van der Waals surface area (Å²) in [4.78, 5) is 11.1. The third-order valence-corrected chi connectivity index (χ3v) is 4.46. The smallest absolute Gasteiger partial charge is 0.221 e. The molecule has 3 rings (SSSR count). The molecular formula is C23H23ClN2O2. The van der Waals surface area contributed by atoms with Crippen LogP contribution < -0.4 is 15.4 Å². The lowest BCUT2D eigenvalue weighted by Gasteiger charge is -2.14. The number of hydrogen-bond acceptors (Lipinski definition) is 3. The number of hydrogen-bond donors (Lipinski definition) is 2. The van der Waals surface area contributed by atoms with Crippen LogP contribution in [0.4, 0.5) is 11.4 Å². The number of aryl methyl sites for hydroxylation is 1. The lowest BCUT2D eigenvalue weighted by atomic mass is 10.1. The lowest BCUT2D eigenvalue weighted by Crippen LogP contribution is -2.06. The summed E-state index contributed by atoms with van der Waals surface area (Å²) in [5.41, 5.74) is 5.03. The van der Waals surface area contributed by atoms with Gasteiger partial charge in [0.05, 0.1) is 0 Å². The third kappa shape index (κ3) is 5.76. The van der Waals surface area contributed by atoms with Crippen LogP contribution in [0.1, 0.15) is 23.6 Å². The maximum Gasteiger partial charge on any atom is 0.221 e. The first kappa shape index (κ1) is 19.8. The number of nitrogens with one attached hydrogen (secondary N) is 2. The molecule has 0 bridgehead atoms. The summed E-state index contributed by atoms with van der Waals surface area (Å²) in [6.07, 6.45) is 0. The Hall–Kier alpha value is -2.98. The molecule has 0 unspecified atom stereocenters. The predicted molar refractivity (Wildman–Crippen MR) is 115 cm³/mol. The lowest BCUT2D eigenvalue weighted by molar-refractivity contribution is -0.114. The van der Waals surface area contributed by atoms with Gasteiger partial charge >= 0.3 is 0 Å². The maximum absolute atomic E-state index is 11.1. The van der Waals surface area contributed by atoms with Crippen molar-refractivity contribution in [3.8, 4) is 5.75 Å². The summed E-state index contributed by atoms with van der Waals surface area (Å²) in [6.45, 7) is 4.63. The average molecular weight is 395 g/mol. The monoisotopic (exact) mass is 394 g/mol. The number of rotatable bonds is 7. The molecule has 144 valence electrons. The molecule has 0 fully saturated rings. The van der Waals surface area contributed by atoms with E-state index in [-0.39, 0.29) is 5.91 Å². The van der Waals surface area contributed by atoms with Gasteiger partial charge in [-0.25, -0.2) is 0 Å². The van der Waals surface area contributed by atoms with Gasteiger partial charge in [-0.2, -0.15) is 0 Å². The zero-order chi connectivity index (χ0) is 19.9. The van der Waals surface area contributed by atoms with Crippen molar-refractivity contribution in [3.05, 3.63) is 88.4 Å². The van der Waals surface area contributed by atoms with E-state index in [4.69, 9.17) is 16.3 Å². The van der Waals surface area contributed by atoms with Crippen LogP contribution in [0.15, 0.2) is 66.7 Å². The molecule has 0 aromatic heterocycles. The Morgan fingerprint density at radius 1 is 0.964 bits per heavy atom. The van der Waals surface area contributed by atoms with E-state index in [0.29, 0.717) is 18.2 Å². The Balaban J connectivity index is 1.65. The molecule has 0 heterocycles. The Morgan fingerprint density at radius 3 is 2.32 bits per heavy atom. The van der Waals surface area contributed by atoms with E-state index in [0.717, 1.165) is 28.3 Å². The summed E-state index contributed by atoms with van der Waals surface area (Å²) in [5.74, 6) is 0.711. The molecule has 0 saturated carbocycles. The summed E-state index contributed by atoms with van der Waals surface area (Å²) < 4.78 is 6.02. The second kappa shape index (κ2) is 9.29. The van der Waals surface area contributed by atoms with Crippen LogP contribution in [0.2, 0.25) is 5.02 Å². The van der Waals surface area contributed by atoms with Crippen molar-refractivity contribution in [2.75, 3.05) is 10.6 Å². The molecule has 0 spiro atoms. The van der Waals surface area contributed by atoms with Gasteiger partial charge in [-0.05, 0) is 55.0 Å². The molecule has 0 atom stereocenters. The highest BCUT2D eigenvalue weighted by atomic mass is 35.5. The molecule has 28 heavy (non-hydrogen) atoms. The van der Waals surface area contributed by atoms with Crippen LogP contribution in [0.5, 0.6) is 5.75 Å². The second-order valence-corrected chi connectivity index (χ2v) is 7.07. The van der Waals surface area contributed by atoms with Gasteiger partial charge in [-0.3, -0.25) is 4.79 Å². The fraction of sp³-hybridized carbons (Fsp3) is 0.174. The molecular weight excluding hydrogens is 372 g/mol. The van der Waals surface area contributed by atoms with Gasteiger partial charge < -0.3 is 15.4 Å². The first-order chi connectivity index (χ1) is 13.5. The summed E-state index contributed by atoms with van der Waals surface area (Å²) >= 11 is 6.18. The Morgan fingerprint density at radius 2 is 1.64 bits per heavy atom. The zero-order valence-electron chi connectivity index (χ0n) is 16.0. The number of benzene rings is 3. The maximum atomic E-state index is 11.1. The van der Waals surface area contributed by atoms with Gasteiger partial charge in [0.2, 0.25) is 5.91 Å². The van der Waals surface area contributed by atoms with Crippen molar-refractivity contribution in [2.24, 2.45) is 0 Å². The zero-order valence-corrected chi connectivity index (χ0v) is 16.7. The number of anilines is 2. The third-order valence-electron chi connectivity index (χ3n) is 4.23. The van der Waals surface area contributed by atoms with E-state index in [1.165, 1.54) is 12.5 Å². The van der Waals surface area contributed by atoms with Crippen molar-refractivity contribution >= 4 is 28.9 Å². The van der Waals surface area contributed by atoms with Gasteiger partial charge in [-0.15, -0.1) is 0 Å². The molecule has 4 nitrogen and oxygen atoms in total. The highest BCUT2D eigenvalue weighted by Crippen LogP contribution is 2.25. The second-order valence-electron chi connectivity index (χ2n) is 6.64. The van der Waals surface area contributed by atoms with Crippen molar-refractivity contribution < 1.29 is 9.53 Å². The van der Waals surface area contributed by atoms with E-state index >= 15 is 0 Å². The fourth-order valence-electron chi connectivity index (χ4n) is 2.74. The Bertz CT molecular complexity index is 938. The van der Waals surface area contributed by atoms with E-state index in [1.807, 2.05) is 42.5 Å². The van der Waals surface area contributed by atoms with E-state index in [9.17, 15) is 4.79 Å². The van der Waals surface area contributed by atoms with Gasteiger partial charge in [0.25, 0.3) is 0 Å². The van der Waals surface area contributed by atoms with Crippen molar-refractivity contribution in [3.63, 3.8) is 0 Å². The summed E-state index contributed by atoms with van der Waals surface area (Å²) in [7, 11) is 0.